The van der Waals surface area contributed by atoms with E-state index in [1.54, 1.807) is 17.0 Å². The molecular formula is C13H14N4. The Bertz CT molecular complexity index is 563. The van der Waals surface area contributed by atoms with Crippen LogP contribution >= 0.6 is 0 Å². The molecule has 4 heteroatoms. The first kappa shape index (κ1) is 11.4. The van der Waals surface area contributed by atoms with Crippen molar-refractivity contribution in [1.29, 1.82) is 5.26 Å². The van der Waals surface area contributed by atoms with Crippen LogP contribution in [0.1, 0.15) is 17.0 Å². The fourth-order valence-corrected chi connectivity index (χ4v) is 1.88. The Morgan fingerprint density at radius 3 is 2.94 bits per heavy atom. The second kappa shape index (κ2) is 4.81. The molecule has 0 spiro atoms. The van der Waals surface area contributed by atoms with Gasteiger partial charge in [0.2, 0.25) is 5.82 Å². The molecule has 0 bridgehead atoms. The lowest BCUT2D eigenvalue weighted by atomic mass is 10.1. The van der Waals surface area contributed by atoms with Crippen LogP contribution in [-0.2, 0) is 6.54 Å². The first-order valence-electron chi connectivity index (χ1n) is 5.44. The standard InChI is InChI=1S/C13H14N4/c1-10-7-11(9-15-2)3-4-12(10)17-6-5-16-13(17)8-14/h3-7,15H,9H2,1-2H3. The lowest BCUT2D eigenvalue weighted by molar-refractivity contribution is 0.816. The zero-order chi connectivity index (χ0) is 12.3. The van der Waals surface area contributed by atoms with Crippen LogP contribution in [0.2, 0.25) is 0 Å². The Kier molecular flexibility index (Phi) is 3.22. The molecule has 1 aromatic heterocycles. The molecule has 0 fully saturated rings. The largest absolute Gasteiger partial charge is 0.316 e. The first-order chi connectivity index (χ1) is 8.26. The molecule has 4 nitrogen and oxygen atoms in total. The predicted molar refractivity (Wildman–Crippen MR) is 65.8 cm³/mol. The van der Waals surface area contributed by atoms with Gasteiger partial charge < -0.3 is 5.32 Å². The van der Waals surface area contributed by atoms with E-state index in [9.17, 15) is 0 Å². The van der Waals surface area contributed by atoms with E-state index in [0.29, 0.717) is 5.82 Å². The summed E-state index contributed by atoms with van der Waals surface area (Å²) in [7, 11) is 1.92. The van der Waals surface area contributed by atoms with E-state index in [4.69, 9.17) is 5.26 Å². The van der Waals surface area contributed by atoms with Crippen LogP contribution in [0.3, 0.4) is 0 Å². The lowest BCUT2D eigenvalue weighted by Gasteiger charge is -2.09. The summed E-state index contributed by atoms with van der Waals surface area (Å²) >= 11 is 0. The maximum absolute atomic E-state index is 8.96. The number of aryl methyl sites for hydroxylation is 1. The summed E-state index contributed by atoms with van der Waals surface area (Å²) in [4.78, 5) is 4.00. The van der Waals surface area contributed by atoms with Gasteiger partial charge in [0.05, 0.1) is 5.69 Å². The zero-order valence-electron chi connectivity index (χ0n) is 9.94. The van der Waals surface area contributed by atoms with Crippen LogP contribution in [0, 0.1) is 18.3 Å². The summed E-state index contributed by atoms with van der Waals surface area (Å²) in [6.45, 7) is 2.88. The maximum Gasteiger partial charge on any atom is 0.217 e. The third kappa shape index (κ3) is 2.19. The third-order valence-electron chi connectivity index (χ3n) is 2.64. The van der Waals surface area contributed by atoms with Crippen LogP contribution in [0.5, 0.6) is 0 Å². The zero-order valence-corrected chi connectivity index (χ0v) is 9.94. The van der Waals surface area contributed by atoms with Gasteiger partial charge >= 0.3 is 0 Å². The van der Waals surface area contributed by atoms with Crippen molar-refractivity contribution >= 4 is 0 Å². The molecule has 2 aromatic rings. The molecule has 0 aliphatic rings. The molecule has 86 valence electrons. The topological polar surface area (TPSA) is 53.6 Å². The quantitative estimate of drug-likeness (QED) is 0.867. The van der Waals surface area contributed by atoms with Crippen molar-refractivity contribution < 1.29 is 0 Å². The summed E-state index contributed by atoms with van der Waals surface area (Å²) in [6, 6.07) is 8.27. The van der Waals surface area contributed by atoms with E-state index in [0.717, 1.165) is 17.8 Å². The van der Waals surface area contributed by atoms with E-state index in [2.05, 4.69) is 28.5 Å². The highest BCUT2D eigenvalue weighted by Gasteiger charge is 2.06. The van der Waals surface area contributed by atoms with Gasteiger partial charge in [-0.05, 0) is 31.2 Å². The molecule has 2 rings (SSSR count). The number of aromatic nitrogens is 2. The number of nitrogens with one attached hydrogen (secondary N) is 1. The first-order valence-corrected chi connectivity index (χ1v) is 5.44. The van der Waals surface area contributed by atoms with Crippen molar-refractivity contribution in [2.24, 2.45) is 0 Å². The molecular weight excluding hydrogens is 212 g/mol. The fraction of sp³-hybridized carbons (Fsp3) is 0.231. The SMILES string of the molecule is CNCc1ccc(-n2ccnc2C#N)c(C)c1. The van der Waals surface area contributed by atoms with Gasteiger partial charge in [-0.2, -0.15) is 5.26 Å². The molecule has 0 aliphatic heterocycles. The van der Waals surface area contributed by atoms with Crippen LogP contribution < -0.4 is 5.32 Å². The van der Waals surface area contributed by atoms with E-state index in [-0.39, 0.29) is 0 Å². The minimum atomic E-state index is 0.412. The molecule has 0 saturated carbocycles. The molecule has 1 heterocycles. The van der Waals surface area contributed by atoms with Crippen LogP contribution in [-0.4, -0.2) is 16.6 Å². The Balaban J connectivity index is 2.44. The number of hydrogen-bond acceptors (Lipinski definition) is 3. The van der Waals surface area contributed by atoms with Crippen LogP contribution in [0.25, 0.3) is 5.69 Å². The van der Waals surface area contributed by atoms with Crippen molar-refractivity contribution in [3.63, 3.8) is 0 Å². The van der Waals surface area contributed by atoms with Crippen LogP contribution in [0.4, 0.5) is 0 Å². The Hall–Kier alpha value is -2.12. The molecule has 0 unspecified atom stereocenters. The molecule has 0 saturated heterocycles. The molecule has 1 aromatic carbocycles. The number of nitriles is 1. The summed E-state index contributed by atoms with van der Waals surface area (Å²) in [5.41, 5.74) is 3.36. The summed E-state index contributed by atoms with van der Waals surface area (Å²) in [6.07, 6.45) is 3.44. The minimum absolute atomic E-state index is 0.412. The van der Waals surface area contributed by atoms with Gasteiger partial charge in [-0.1, -0.05) is 12.1 Å². The van der Waals surface area contributed by atoms with Crippen molar-refractivity contribution in [2.75, 3.05) is 7.05 Å². The predicted octanol–water partition coefficient (Wildman–Crippen LogP) is 1.77. The van der Waals surface area contributed by atoms with E-state index in [1.807, 2.05) is 20.0 Å². The Morgan fingerprint density at radius 2 is 2.29 bits per heavy atom. The van der Waals surface area contributed by atoms with Gasteiger partial charge in [-0.25, -0.2) is 4.98 Å². The average molecular weight is 226 g/mol. The van der Waals surface area contributed by atoms with Gasteiger partial charge in [0.15, 0.2) is 0 Å². The van der Waals surface area contributed by atoms with Crippen molar-refractivity contribution in [1.82, 2.24) is 14.9 Å². The van der Waals surface area contributed by atoms with E-state index < -0.39 is 0 Å². The third-order valence-corrected chi connectivity index (χ3v) is 2.64. The normalized spacial score (nSPS) is 10.2. The van der Waals surface area contributed by atoms with Crippen molar-refractivity contribution in [3.8, 4) is 11.8 Å². The minimum Gasteiger partial charge on any atom is -0.316 e. The molecule has 0 radical (unpaired) electrons. The highest BCUT2D eigenvalue weighted by molar-refractivity contribution is 5.45. The molecule has 0 amide bonds. The number of hydrogen-bond donors (Lipinski definition) is 1. The number of benzene rings is 1. The van der Waals surface area contributed by atoms with Gasteiger partial charge in [0.1, 0.15) is 6.07 Å². The molecule has 0 atom stereocenters. The van der Waals surface area contributed by atoms with E-state index >= 15 is 0 Å². The Labute approximate surface area is 101 Å². The number of rotatable bonds is 3. The monoisotopic (exact) mass is 226 g/mol. The van der Waals surface area contributed by atoms with Gasteiger partial charge in [0, 0.05) is 18.9 Å². The lowest BCUT2D eigenvalue weighted by Crippen LogP contribution is -2.06. The second-order valence-corrected chi connectivity index (χ2v) is 3.88. The average Bonchev–Trinajstić information content (AvgIpc) is 2.77. The van der Waals surface area contributed by atoms with Crippen molar-refractivity contribution in [2.45, 2.75) is 13.5 Å². The maximum atomic E-state index is 8.96. The summed E-state index contributed by atoms with van der Waals surface area (Å²) < 4.78 is 1.80. The fourth-order valence-electron chi connectivity index (χ4n) is 1.88. The summed E-state index contributed by atoms with van der Waals surface area (Å²) in [5.74, 6) is 0.412. The highest BCUT2D eigenvalue weighted by Crippen LogP contribution is 2.17. The highest BCUT2D eigenvalue weighted by atomic mass is 15.1. The van der Waals surface area contributed by atoms with Gasteiger partial charge in [0.25, 0.3) is 0 Å². The van der Waals surface area contributed by atoms with E-state index in [1.165, 1.54) is 5.56 Å². The second-order valence-electron chi connectivity index (χ2n) is 3.88. The Morgan fingerprint density at radius 1 is 1.47 bits per heavy atom. The number of nitrogens with zero attached hydrogens (tertiary/aromatic N) is 3. The molecule has 0 aliphatic carbocycles. The molecule has 17 heavy (non-hydrogen) atoms. The van der Waals surface area contributed by atoms with Crippen molar-refractivity contribution in [3.05, 3.63) is 47.5 Å². The number of imidazole rings is 1. The van der Waals surface area contributed by atoms with Crippen LogP contribution in [0.15, 0.2) is 30.6 Å². The summed E-state index contributed by atoms with van der Waals surface area (Å²) in [5, 5.41) is 12.1. The molecule has 1 N–H and O–H groups in total. The van der Waals surface area contributed by atoms with Gasteiger partial charge in [-0.3, -0.25) is 4.57 Å². The van der Waals surface area contributed by atoms with Gasteiger partial charge in [-0.15, -0.1) is 0 Å². The smallest absolute Gasteiger partial charge is 0.217 e.